The second-order valence-electron chi connectivity index (χ2n) is 7.28. The lowest BCUT2D eigenvalue weighted by Gasteiger charge is -2.27. The Morgan fingerprint density at radius 3 is 2.89 bits per heavy atom. The van der Waals surface area contributed by atoms with E-state index < -0.39 is 0 Å². The van der Waals surface area contributed by atoms with E-state index in [4.69, 9.17) is 14.1 Å². The number of likely N-dealkylation sites (tertiary alicyclic amines) is 1. The van der Waals surface area contributed by atoms with Crippen molar-refractivity contribution in [3.05, 3.63) is 42.4 Å². The first-order valence-electron chi connectivity index (χ1n) is 9.32. The largest absolute Gasteiger partial charge is 0.493 e. The van der Waals surface area contributed by atoms with Gasteiger partial charge in [0.25, 0.3) is 0 Å². The van der Waals surface area contributed by atoms with Crippen LogP contribution in [0.1, 0.15) is 24.6 Å². The Morgan fingerprint density at radius 2 is 2.07 bits per heavy atom. The summed E-state index contributed by atoms with van der Waals surface area (Å²) >= 11 is 0. The fourth-order valence-corrected chi connectivity index (χ4v) is 3.86. The highest BCUT2D eigenvalue weighted by atomic mass is 16.5. The smallest absolute Gasteiger partial charge is 0.176 e. The van der Waals surface area contributed by atoms with Gasteiger partial charge in [0.2, 0.25) is 0 Å². The molecular weight excluding hydrogens is 340 g/mol. The van der Waals surface area contributed by atoms with Crippen molar-refractivity contribution in [1.82, 2.24) is 19.9 Å². The summed E-state index contributed by atoms with van der Waals surface area (Å²) < 4.78 is 11.5. The van der Waals surface area contributed by atoms with Gasteiger partial charge >= 0.3 is 0 Å². The number of fused-ring (bicyclic) bond motifs is 2. The minimum absolute atomic E-state index is 0.444. The molecule has 0 unspecified atom stereocenters. The molecule has 1 saturated heterocycles. The Bertz CT molecular complexity index is 1110. The maximum absolute atomic E-state index is 6.05. The molecule has 1 N–H and O–H groups in total. The van der Waals surface area contributed by atoms with Crippen molar-refractivity contribution in [3.8, 4) is 17.2 Å². The average Bonchev–Trinajstić information content (AvgIpc) is 3.31. The number of nitrogens with zero attached hydrogens (tertiary/aromatic N) is 3. The van der Waals surface area contributed by atoms with Gasteiger partial charge in [-0.25, -0.2) is 9.97 Å². The first-order chi connectivity index (χ1) is 13.2. The molecule has 0 spiro atoms. The van der Waals surface area contributed by atoms with Gasteiger partial charge in [-0.1, -0.05) is 12.1 Å². The van der Waals surface area contributed by atoms with Crippen molar-refractivity contribution in [2.75, 3.05) is 27.2 Å². The number of hydrogen-bond donors (Lipinski definition) is 1. The van der Waals surface area contributed by atoms with E-state index in [1.54, 1.807) is 7.11 Å². The van der Waals surface area contributed by atoms with Gasteiger partial charge in [0.05, 0.1) is 30.0 Å². The molecule has 0 saturated carbocycles. The number of methoxy groups -OCH3 is 1. The molecular formula is C21H22N4O2. The summed E-state index contributed by atoms with van der Waals surface area (Å²) in [6, 6.07) is 9.95. The van der Waals surface area contributed by atoms with Crippen LogP contribution in [0.3, 0.4) is 0 Å². The number of piperidine rings is 1. The number of nitrogens with one attached hydrogen (secondary N) is 1. The Balaban J connectivity index is 1.51. The number of hydrogen-bond acceptors (Lipinski definition) is 5. The number of furan rings is 1. The summed E-state index contributed by atoms with van der Waals surface area (Å²) in [4.78, 5) is 15.2. The van der Waals surface area contributed by atoms with Crippen LogP contribution < -0.4 is 4.74 Å². The fourth-order valence-electron chi connectivity index (χ4n) is 3.86. The normalized spacial score (nSPS) is 16.4. The molecule has 0 radical (unpaired) electrons. The number of aromatic amines is 1. The van der Waals surface area contributed by atoms with Crippen LogP contribution in [0.4, 0.5) is 0 Å². The Hall–Kier alpha value is -2.86. The molecule has 0 amide bonds. The van der Waals surface area contributed by atoms with Crippen molar-refractivity contribution in [1.29, 1.82) is 0 Å². The van der Waals surface area contributed by atoms with E-state index in [0.717, 1.165) is 71.0 Å². The van der Waals surface area contributed by atoms with Crippen molar-refractivity contribution in [2.24, 2.45) is 0 Å². The first-order valence-corrected chi connectivity index (χ1v) is 9.32. The van der Waals surface area contributed by atoms with Crippen molar-refractivity contribution < 1.29 is 9.15 Å². The zero-order valence-corrected chi connectivity index (χ0v) is 15.5. The van der Waals surface area contributed by atoms with E-state index in [-0.39, 0.29) is 0 Å². The Morgan fingerprint density at radius 1 is 1.22 bits per heavy atom. The Kier molecular flexibility index (Phi) is 3.86. The number of aromatic nitrogens is 3. The van der Waals surface area contributed by atoms with Crippen molar-refractivity contribution in [3.63, 3.8) is 0 Å². The van der Waals surface area contributed by atoms with Crippen LogP contribution in [-0.2, 0) is 0 Å². The van der Waals surface area contributed by atoms with Crippen LogP contribution in [0.2, 0.25) is 0 Å². The number of H-pyrrole nitrogens is 1. The quantitative estimate of drug-likeness (QED) is 0.592. The van der Waals surface area contributed by atoms with E-state index >= 15 is 0 Å². The number of rotatable bonds is 3. The summed E-state index contributed by atoms with van der Waals surface area (Å²) in [5, 5.41) is 1.01. The molecule has 1 aliphatic rings. The lowest BCUT2D eigenvalue weighted by atomic mass is 9.96. The third-order valence-electron chi connectivity index (χ3n) is 5.46. The second kappa shape index (κ2) is 6.39. The molecule has 1 fully saturated rings. The van der Waals surface area contributed by atoms with E-state index in [0.29, 0.717) is 5.92 Å². The van der Waals surface area contributed by atoms with E-state index in [9.17, 15) is 0 Å². The van der Waals surface area contributed by atoms with E-state index in [1.165, 1.54) is 0 Å². The zero-order chi connectivity index (χ0) is 18.4. The van der Waals surface area contributed by atoms with Gasteiger partial charge in [-0.05, 0) is 51.2 Å². The highest BCUT2D eigenvalue weighted by Crippen LogP contribution is 2.34. The Labute approximate surface area is 157 Å². The molecule has 0 atom stereocenters. The van der Waals surface area contributed by atoms with Gasteiger partial charge in [0.1, 0.15) is 5.82 Å². The molecule has 4 aromatic rings. The van der Waals surface area contributed by atoms with Crippen LogP contribution in [0, 0.1) is 0 Å². The molecule has 138 valence electrons. The maximum atomic E-state index is 6.05. The standard InChI is InChI=1S/C21H22N4O2/c1-25-8-6-13(7-9-25)21-22-12-17-15(24-21)11-16(23-17)19-10-14-4-3-5-18(26-2)20(14)27-19/h3-5,10-13,23H,6-9H2,1-2H3. The molecule has 1 aromatic carbocycles. The SMILES string of the molecule is COc1cccc2cc(-c3cc4nc(C5CCN(C)CC5)ncc4[nH]3)oc12. The summed E-state index contributed by atoms with van der Waals surface area (Å²) in [5.41, 5.74) is 3.51. The summed E-state index contributed by atoms with van der Waals surface area (Å²) in [7, 11) is 3.82. The topological polar surface area (TPSA) is 67.2 Å². The minimum Gasteiger partial charge on any atom is -0.493 e. The van der Waals surface area contributed by atoms with E-state index in [1.807, 2.05) is 36.5 Å². The number of ether oxygens (including phenoxy) is 1. The molecule has 27 heavy (non-hydrogen) atoms. The van der Waals surface area contributed by atoms with Gasteiger partial charge in [-0.2, -0.15) is 0 Å². The summed E-state index contributed by atoms with van der Waals surface area (Å²) in [6.45, 7) is 2.20. The van der Waals surface area contributed by atoms with E-state index in [2.05, 4.69) is 21.9 Å². The van der Waals surface area contributed by atoms with Crippen molar-refractivity contribution >= 4 is 22.0 Å². The number of para-hydroxylation sites is 1. The van der Waals surface area contributed by atoms with Crippen LogP contribution in [-0.4, -0.2) is 47.1 Å². The molecule has 3 aromatic heterocycles. The molecule has 4 heterocycles. The monoisotopic (exact) mass is 362 g/mol. The zero-order valence-electron chi connectivity index (χ0n) is 15.5. The maximum Gasteiger partial charge on any atom is 0.176 e. The molecule has 1 aliphatic heterocycles. The highest BCUT2D eigenvalue weighted by molar-refractivity contribution is 5.89. The molecule has 6 heteroatoms. The van der Waals surface area contributed by atoms with Crippen LogP contribution in [0.15, 0.2) is 40.9 Å². The van der Waals surface area contributed by atoms with Crippen LogP contribution in [0.25, 0.3) is 33.5 Å². The molecule has 0 aliphatic carbocycles. The van der Waals surface area contributed by atoms with Gasteiger partial charge < -0.3 is 19.0 Å². The summed E-state index contributed by atoms with van der Waals surface area (Å²) in [5.74, 6) is 2.90. The highest BCUT2D eigenvalue weighted by Gasteiger charge is 2.21. The predicted octanol–water partition coefficient (Wildman–Crippen LogP) is 4.19. The number of benzene rings is 1. The lowest BCUT2D eigenvalue weighted by molar-refractivity contribution is 0.251. The molecule has 5 rings (SSSR count). The van der Waals surface area contributed by atoms with Crippen molar-refractivity contribution in [2.45, 2.75) is 18.8 Å². The van der Waals surface area contributed by atoms with Gasteiger partial charge in [-0.3, -0.25) is 0 Å². The van der Waals surface area contributed by atoms with Gasteiger partial charge in [-0.15, -0.1) is 0 Å². The van der Waals surface area contributed by atoms with Crippen LogP contribution >= 0.6 is 0 Å². The third kappa shape index (κ3) is 2.86. The molecule has 0 bridgehead atoms. The fraction of sp³-hybridized carbons (Fsp3) is 0.333. The van der Waals surface area contributed by atoms with Gasteiger partial charge in [0, 0.05) is 11.3 Å². The van der Waals surface area contributed by atoms with Gasteiger partial charge in [0.15, 0.2) is 17.1 Å². The van der Waals surface area contributed by atoms with Crippen LogP contribution in [0.5, 0.6) is 5.75 Å². The predicted molar refractivity (Wildman–Crippen MR) is 105 cm³/mol. The summed E-state index contributed by atoms with van der Waals surface area (Å²) in [6.07, 6.45) is 4.12. The average molecular weight is 362 g/mol. The first kappa shape index (κ1) is 16.3. The second-order valence-corrected chi connectivity index (χ2v) is 7.28. The third-order valence-corrected chi connectivity index (χ3v) is 5.46. The molecule has 6 nitrogen and oxygen atoms in total. The minimum atomic E-state index is 0.444. The lowest BCUT2D eigenvalue weighted by Crippen LogP contribution is -2.29.